The maximum Gasteiger partial charge on any atom is 0.289 e. The van der Waals surface area contributed by atoms with Crippen LogP contribution in [0.5, 0.6) is 11.5 Å². The molecule has 1 saturated heterocycles. The minimum Gasteiger partial charge on any atom is -0.464 e. The van der Waals surface area contributed by atoms with Crippen LogP contribution >= 0.6 is 0 Å². The predicted molar refractivity (Wildman–Crippen MR) is 194 cm³/mol. The van der Waals surface area contributed by atoms with Crippen LogP contribution in [0, 0.1) is 17.0 Å². The van der Waals surface area contributed by atoms with Crippen molar-refractivity contribution in [3.05, 3.63) is 72.1 Å². The fraction of sp³-hybridized carbons (Fsp3) is 0.432. The zero-order valence-electron chi connectivity index (χ0n) is 29.9. The van der Waals surface area contributed by atoms with E-state index in [1.807, 2.05) is 10.8 Å². The fourth-order valence-electron chi connectivity index (χ4n) is 5.95. The van der Waals surface area contributed by atoms with Gasteiger partial charge in [-0.25, -0.2) is 18.8 Å². The molecule has 2 N–H and O–H groups in total. The molecule has 1 fully saturated rings. The summed E-state index contributed by atoms with van der Waals surface area (Å²) in [6.45, 7) is 13.1. The number of fused-ring (bicyclic) bond motifs is 1. The zero-order valence-corrected chi connectivity index (χ0v) is 30.9. The smallest absolute Gasteiger partial charge is 0.289 e. The molecule has 51 heavy (non-hydrogen) atoms. The molecule has 6 rings (SSSR count). The number of nitrogens with zero attached hydrogens (tertiary/aromatic N) is 4. The van der Waals surface area contributed by atoms with Gasteiger partial charge in [-0.05, 0) is 43.7 Å². The van der Waals surface area contributed by atoms with Crippen LogP contribution in [0.3, 0.4) is 0 Å². The minimum atomic E-state index is -1.33. The Hall–Kier alpha value is -4.37. The molecule has 0 bridgehead atoms. The summed E-state index contributed by atoms with van der Waals surface area (Å²) in [4.78, 5) is 23.5. The number of carbonyl (C=O) groups is 1. The normalized spacial score (nSPS) is 15.7. The molecule has 14 heteroatoms. The number of aromatic nitrogens is 2. The maximum atomic E-state index is 15.6. The third-order valence-corrected chi connectivity index (χ3v) is 10.4. The number of likely N-dealkylation sites (N-methyl/N-ethyl adjacent to an activating group) is 1. The number of rotatable bonds is 12. The Bertz CT molecular complexity index is 1910. The highest BCUT2D eigenvalue weighted by atomic mass is 28.3. The molecule has 272 valence electrons. The van der Waals surface area contributed by atoms with Gasteiger partial charge in [0.2, 0.25) is 0 Å². The molecule has 1 spiro atoms. The van der Waals surface area contributed by atoms with Gasteiger partial charge in [-0.15, -0.1) is 0 Å². The SMILES string of the molecule is CN(CC(C)(C)O)C(=O)c1ccc(-c2cn(COCC[Si](C)(C)C)c3nccc(Oc4c(F)cc(NC5=NCC6(COC6)CO5)cc4F)c23)cc1. The highest BCUT2D eigenvalue weighted by molar-refractivity contribution is 6.76. The summed E-state index contributed by atoms with van der Waals surface area (Å²) in [5.41, 5.74) is 1.30. The van der Waals surface area contributed by atoms with E-state index in [1.54, 1.807) is 51.2 Å². The van der Waals surface area contributed by atoms with Crippen molar-refractivity contribution in [1.29, 1.82) is 0 Å². The first-order valence-electron chi connectivity index (χ1n) is 16.9. The predicted octanol–water partition coefficient (Wildman–Crippen LogP) is 6.74. The first kappa shape index (κ1) is 36.4. The topological polar surface area (TPSA) is 120 Å². The van der Waals surface area contributed by atoms with Gasteiger partial charge in [0.05, 0.1) is 36.2 Å². The minimum absolute atomic E-state index is 0.124. The molecule has 2 aromatic heterocycles. The molecule has 2 aliphatic rings. The molecule has 4 heterocycles. The van der Waals surface area contributed by atoms with E-state index in [4.69, 9.17) is 18.9 Å². The maximum absolute atomic E-state index is 15.6. The number of nitrogens with one attached hydrogen (secondary N) is 1. The van der Waals surface area contributed by atoms with Crippen molar-refractivity contribution in [2.45, 2.75) is 51.9 Å². The van der Waals surface area contributed by atoms with E-state index in [-0.39, 0.29) is 42.1 Å². The Morgan fingerprint density at radius 2 is 1.82 bits per heavy atom. The lowest BCUT2D eigenvalue weighted by Crippen LogP contribution is -2.51. The van der Waals surface area contributed by atoms with Crippen LogP contribution in [-0.4, -0.2) is 91.7 Å². The van der Waals surface area contributed by atoms with Crippen molar-refractivity contribution in [1.82, 2.24) is 14.5 Å². The number of anilines is 1. The van der Waals surface area contributed by atoms with Crippen molar-refractivity contribution in [3.63, 3.8) is 0 Å². The number of aliphatic imine (C=N–C) groups is 1. The van der Waals surface area contributed by atoms with E-state index in [2.05, 4.69) is 34.9 Å². The fourth-order valence-corrected chi connectivity index (χ4v) is 6.71. The van der Waals surface area contributed by atoms with Crippen LogP contribution in [0.25, 0.3) is 22.2 Å². The van der Waals surface area contributed by atoms with Gasteiger partial charge < -0.3 is 38.8 Å². The highest BCUT2D eigenvalue weighted by Crippen LogP contribution is 2.40. The van der Waals surface area contributed by atoms with E-state index in [9.17, 15) is 9.90 Å². The molecule has 0 aliphatic carbocycles. The Balaban J connectivity index is 1.30. The molecule has 1 amide bonds. The summed E-state index contributed by atoms with van der Waals surface area (Å²) in [6.07, 6.45) is 3.38. The number of amides is 1. The van der Waals surface area contributed by atoms with Gasteiger partial charge in [-0.2, -0.15) is 0 Å². The summed E-state index contributed by atoms with van der Waals surface area (Å²) >= 11 is 0. The van der Waals surface area contributed by atoms with Crippen molar-refractivity contribution in [2.75, 3.05) is 51.9 Å². The highest BCUT2D eigenvalue weighted by Gasteiger charge is 2.42. The van der Waals surface area contributed by atoms with Gasteiger partial charge in [0.15, 0.2) is 17.4 Å². The van der Waals surface area contributed by atoms with Gasteiger partial charge in [0.1, 0.15) is 24.7 Å². The van der Waals surface area contributed by atoms with E-state index in [0.717, 1.165) is 23.7 Å². The van der Waals surface area contributed by atoms with Crippen LogP contribution in [0.2, 0.25) is 25.7 Å². The van der Waals surface area contributed by atoms with Gasteiger partial charge in [0.25, 0.3) is 11.9 Å². The summed E-state index contributed by atoms with van der Waals surface area (Å²) in [5, 5.41) is 13.6. The number of benzene rings is 2. The molecule has 11 nitrogen and oxygen atoms in total. The van der Waals surface area contributed by atoms with Crippen molar-refractivity contribution >= 4 is 36.7 Å². The van der Waals surface area contributed by atoms with E-state index in [0.29, 0.717) is 55.1 Å². The monoisotopic (exact) mass is 721 g/mol. The van der Waals surface area contributed by atoms with Crippen molar-refractivity contribution in [3.8, 4) is 22.6 Å². The summed E-state index contributed by atoms with van der Waals surface area (Å²) in [6, 6.07) is 12.0. The molecule has 0 unspecified atom stereocenters. The standard InChI is InChI=1S/C37H45F2N5O6Si/c1-36(2,46)19-43(3)34(45)25-9-7-24(8-10-25)27-17-44(23-47-13-14-51(4,5)6)33-31(27)30(11-12-40-33)50-32-28(38)15-26(16-29(32)39)42-35-41-18-37(22-49-35)20-48-21-37/h7-12,15-17,46H,13-14,18-23H2,1-6H3,(H,41,42). The first-order valence-corrected chi connectivity index (χ1v) is 20.6. The third kappa shape index (κ3) is 8.58. The molecule has 4 aromatic rings. The Kier molecular flexibility index (Phi) is 10.2. The lowest BCUT2D eigenvalue weighted by Gasteiger charge is -2.41. The summed E-state index contributed by atoms with van der Waals surface area (Å²) in [5.74, 6) is -2.47. The number of aliphatic hydroxyl groups is 1. The van der Waals surface area contributed by atoms with E-state index >= 15 is 8.78 Å². The summed E-state index contributed by atoms with van der Waals surface area (Å²) in [7, 11) is 0.310. The average Bonchev–Trinajstić information content (AvgIpc) is 3.42. The quantitative estimate of drug-likeness (QED) is 0.122. The van der Waals surface area contributed by atoms with Crippen molar-refractivity contribution < 1.29 is 37.6 Å². The first-order chi connectivity index (χ1) is 24.1. The number of pyridine rings is 1. The lowest BCUT2D eigenvalue weighted by molar-refractivity contribution is -0.132. The van der Waals surface area contributed by atoms with Crippen LogP contribution in [0.1, 0.15) is 24.2 Å². The zero-order chi connectivity index (χ0) is 36.6. The number of hydrogen-bond donors (Lipinski definition) is 2. The lowest BCUT2D eigenvalue weighted by atomic mass is 9.87. The number of hydrogen-bond acceptors (Lipinski definition) is 9. The Labute approximate surface area is 297 Å². The molecular weight excluding hydrogens is 677 g/mol. The second-order valence-electron chi connectivity index (χ2n) is 15.3. The van der Waals surface area contributed by atoms with Gasteiger partial charge in [0, 0.05) is 69.6 Å². The second kappa shape index (κ2) is 14.3. The third-order valence-electron chi connectivity index (χ3n) is 8.71. The van der Waals surface area contributed by atoms with E-state index in [1.165, 1.54) is 11.1 Å². The van der Waals surface area contributed by atoms with Gasteiger partial charge in [-0.1, -0.05) is 31.8 Å². The van der Waals surface area contributed by atoms with Crippen LogP contribution in [0.4, 0.5) is 14.5 Å². The summed E-state index contributed by atoms with van der Waals surface area (Å²) < 4.78 is 56.0. The average molecular weight is 722 g/mol. The number of carbonyl (C=O) groups excluding carboxylic acids is 1. The van der Waals surface area contributed by atoms with Crippen LogP contribution in [-0.2, 0) is 20.9 Å². The van der Waals surface area contributed by atoms with Crippen molar-refractivity contribution in [2.24, 2.45) is 10.4 Å². The molecule has 0 radical (unpaired) electrons. The number of halogens is 2. The molecular formula is C37H45F2N5O6Si. The second-order valence-corrected chi connectivity index (χ2v) is 20.9. The number of amidine groups is 1. The Morgan fingerprint density at radius 3 is 2.41 bits per heavy atom. The van der Waals surface area contributed by atoms with Gasteiger partial charge >= 0.3 is 0 Å². The Morgan fingerprint density at radius 1 is 1.12 bits per heavy atom. The number of ether oxygens (including phenoxy) is 4. The van der Waals surface area contributed by atoms with Crippen LogP contribution < -0.4 is 10.1 Å². The molecule has 0 atom stereocenters. The van der Waals surface area contributed by atoms with Gasteiger partial charge in [-0.3, -0.25) is 4.79 Å². The largest absolute Gasteiger partial charge is 0.464 e. The molecule has 2 aromatic carbocycles. The molecule has 2 aliphatic heterocycles. The van der Waals surface area contributed by atoms with E-state index < -0.39 is 31.1 Å². The van der Waals surface area contributed by atoms with Crippen LogP contribution in [0.15, 0.2) is 59.9 Å². The molecule has 0 saturated carbocycles.